The summed E-state index contributed by atoms with van der Waals surface area (Å²) in [7, 11) is 0. The third-order valence-corrected chi connectivity index (χ3v) is 3.70. The predicted octanol–water partition coefficient (Wildman–Crippen LogP) is 2.41. The lowest BCUT2D eigenvalue weighted by Gasteiger charge is -2.33. The first-order valence-corrected chi connectivity index (χ1v) is 4.47. The highest BCUT2D eigenvalue weighted by molar-refractivity contribution is 5.15. The highest BCUT2D eigenvalue weighted by Crippen LogP contribution is 2.70. The Balaban J connectivity index is 2.84. The van der Waals surface area contributed by atoms with Gasteiger partial charge in [-0.2, -0.15) is 0 Å². The van der Waals surface area contributed by atoms with Crippen LogP contribution in [0.1, 0.15) is 41.0 Å². The summed E-state index contributed by atoms with van der Waals surface area (Å²) in [6, 6.07) is 0. The van der Waals surface area contributed by atoms with Crippen LogP contribution in [-0.2, 0) is 0 Å². The highest BCUT2D eigenvalue weighted by atomic mass is 14.8. The first-order valence-electron chi connectivity index (χ1n) is 4.47. The fraction of sp³-hybridized carbons (Fsp3) is 1.00. The topological polar surface area (TPSA) is 26.0 Å². The predicted molar refractivity (Wildman–Crippen MR) is 49.3 cm³/mol. The van der Waals surface area contributed by atoms with Crippen molar-refractivity contribution in [3.05, 3.63) is 0 Å². The quantitative estimate of drug-likeness (QED) is 0.618. The summed E-state index contributed by atoms with van der Waals surface area (Å²) < 4.78 is 0. The monoisotopic (exact) mass is 155 g/mol. The number of nitrogens with two attached hydrogens (primary N) is 1. The Kier molecular flexibility index (Phi) is 1.65. The lowest BCUT2D eigenvalue weighted by molar-refractivity contribution is 0.172. The van der Waals surface area contributed by atoms with Crippen molar-refractivity contribution in [1.29, 1.82) is 0 Å². The van der Waals surface area contributed by atoms with E-state index in [0.29, 0.717) is 16.2 Å². The molecule has 0 saturated heterocycles. The van der Waals surface area contributed by atoms with Gasteiger partial charge in [0.1, 0.15) is 0 Å². The molecule has 1 saturated carbocycles. The summed E-state index contributed by atoms with van der Waals surface area (Å²) in [6.45, 7) is 12.4. The summed E-state index contributed by atoms with van der Waals surface area (Å²) in [4.78, 5) is 0. The van der Waals surface area contributed by atoms with Gasteiger partial charge < -0.3 is 5.73 Å². The second-order valence-corrected chi connectivity index (χ2v) is 5.60. The van der Waals surface area contributed by atoms with Gasteiger partial charge in [-0.25, -0.2) is 0 Å². The van der Waals surface area contributed by atoms with Crippen LogP contribution in [0.25, 0.3) is 0 Å². The molecule has 1 aliphatic rings. The zero-order valence-corrected chi connectivity index (χ0v) is 8.49. The van der Waals surface area contributed by atoms with Crippen LogP contribution in [0.3, 0.4) is 0 Å². The van der Waals surface area contributed by atoms with Crippen molar-refractivity contribution in [2.24, 2.45) is 22.0 Å². The molecule has 0 bridgehead atoms. The molecule has 1 unspecified atom stereocenters. The Morgan fingerprint density at radius 2 is 1.64 bits per heavy atom. The van der Waals surface area contributed by atoms with E-state index in [1.807, 2.05) is 0 Å². The minimum Gasteiger partial charge on any atom is -0.330 e. The molecular weight excluding hydrogens is 134 g/mol. The van der Waals surface area contributed by atoms with Crippen molar-refractivity contribution in [3.8, 4) is 0 Å². The number of hydrogen-bond donors (Lipinski definition) is 1. The molecular formula is C10H21N. The van der Waals surface area contributed by atoms with Gasteiger partial charge in [-0.15, -0.1) is 0 Å². The normalized spacial score (nSPS) is 35.5. The lowest BCUT2D eigenvalue weighted by atomic mass is 9.73. The Hall–Kier alpha value is -0.0400. The third-order valence-electron chi connectivity index (χ3n) is 3.70. The SMILES string of the molecule is CC(C)(C)C1(CN)CC1(C)C. The average molecular weight is 155 g/mol. The van der Waals surface area contributed by atoms with Crippen molar-refractivity contribution >= 4 is 0 Å². The molecule has 0 aromatic carbocycles. The van der Waals surface area contributed by atoms with E-state index in [1.54, 1.807) is 0 Å². The molecule has 1 fully saturated rings. The summed E-state index contributed by atoms with van der Waals surface area (Å²) in [5.74, 6) is 0. The van der Waals surface area contributed by atoms with Crippen molar-refractivity contribution in [2.75, 3.05) is 6.54 Å². The minimum atomic E-state index is 0.366. The van der Waals surface area contributed by atoms with Crippen molar-refractivity contribution in [3.63, 3.8) is 0 Å². The molecule has 0 aliphatic heterocycles. The molecule has 1 rings (SSSR count). The van der Waals surface area contributed by atoms with Crippen LogP contribution in [0.5, 0.6) is 0 Å². The Labute approximate surface area is 70.4 Å². The Morgan fingerprint density at radius 1 is 1.27 bits per heavy atom. The number of hydrogen-bond acceptors (Lipinski definition) is 1. The molecule has 2 N–H and O–H groups in total. The molecule has 1 aliphatic carbocycles. The van der Waals surface area contributed by atoms with Gasteiger partial charge >= 0.3 is 0 Å². The van der Waals surface area contributed by atoms with E-state index >= 15 is 0 Å². The maximum absolute atomic E-state index is 5.83. The molecule has 11 heavy (non-hydrogen) atoms. The van der Waals surface area contributed by atoms with E-state index in [2.05, 4.69) is 34.6 Å². The maximum atomic E-state index is 5.83. The van der Waals surface area contributed by atoms with Gasteiger partial charge in [-0.3, -0.25) is 0 Å². The molecule has 66 valence electrons. The van der Waals surface area contributed by atoms with Crippen LogP contribution >= 0.6 is 0 Å². The highest BCUT2D eigenvalue weighted by Gasteiger charge is 2.65. The molecule has 1 atom stereocenters. The van der Waals surface area contributed by atoms with Crippen molar-refractivity contribution < 1.29 is 0 Å². The molecule has 0 radical (unpaired) electrons. The molecule has 0 heterocycles. The van der Waals surface area contributed by atoms with E-state index in [4.69, 9.17) is 5.73 Å². The van der Waals surface area contributed by atoms with Crippen molar-refractivity contribution in [2.45, 2.75) is 41.0 Å². The Morgan fingerprint density at radius 3 is 1.64 bits per heavy atom. The lowest BCUT2D eigenvalue weighted by Crippen LogP contribution is -2.33. The van der Waals surface area contributed by atoms with E-state index in [9.17, 15) is 0 Å². The fourth-order valence-corrected chi connectivity index (χ4v) is 2.65. The van der Waals surface area contributed by atoms with Gasteiger partial charge in [-0.05, 0) is 29.2 Å². The summed E-state index contributed by atoms with van der Waals surface area (Å²) in [5.41, 5.74) is 7.07. The van der Waals surface area contributed by atoms with Gasteiger partial charge in [0.15, 0.2) is 0 Å². The second kappa shape index (κ2) is 2.01. The fourth-order valence-electron chi connectivity index (χ4n) is 2.65. The van der Waals surface area contributed by atoms with E-state index < -0.39 is 0 Å². The molecule has 1 heteroatoms. The molecule has 0 amide bonds. The van der Waals surface area contributed by atoms with E-state index in [-0.39, 0.29) is 0 Å². The van der Waals surface area contributed by atoms with Crippen LogP contribution in [0.4, 0.5) is 0 Å². The van der Waals surface area contributed by atoms with Crippen LogP contribution < -0.4 is 5.73 Å². The Bertz CT molecular complexity index is 164. The zero-order valence-electron chi connectivity index (χ0n) is 8.49. The summed E-state index contributed by atoms with van der Waals surface area (Å²) in [5, 5.41) is 0. The van der Waals surface area contributed by atoms with Gasteiger partial charge in [0.25, 0.3) is 0 Å². The maximum Gasteiger partial charge on any atom is -0.00102 e. The van der Waals surface area contributed by atoms with Crippen LogP contribution in [-0.4, -0.2) is 6.54 Å². The van der Waals surface area contributed by atoms with Crippen LogP contribution in [0.2, 0.25) is 0 Å². The van der Waals surface area contributed by atoms with Gasteiger partial charge in [0.05, 0.1) is 0 Å². The second-order valence-electron chi connectivity index (χ2n) is 5.60. The summed E-state index contributed by atoms with van der Waals surface area (Å²) in [6.07, 6.45) is 1.29. The van der Waals surface area contributed by atoms with Gasteiger partial charge in [-0.1, -0.05) is 34.6 Å². The standard InChI is InChI=1S/C10H21N/c1-8(2,3)10(7-11)6-9(10,4)5/h6-7,11H2,1-5H3. The largest absolute Gasteiger partial charge is 0.330 e. The van der Waals surface area contributed by atoms with E-state index in [0.717, 1.165) is 6.54 Å². The third kappa shape index (κ3) is 1.01. The minimum absolute atomic E-state index is 0.366. The van der Waals surface area contributed by atoms with Crippen LogP contribution in [0, 0.1) is 16.2 Å². The smallest absolute Gasteiger partial charge is 0.00102 e. The molecule has 1 nitrogen and oxygen atoms in total. The molecule has 0 aromatic rings. The molecule has 0 spiro atoms. The van der Waals surface area contributed by atoms with E-state index in [1.165, 1.54) is 6.42 Å². The van der Waals surface area contributed by atoms with Crippen LogP contribution in [0.15, 0.2) is 0 Å². The zero-order chi connectivity index (χ0) is 8.91. The number of rotatable bonds is 1. The summed E-state index contributed by atoms with van der Waals surface area (Å²) >= 11 is 0. The van der Waals surface area contributed by atoms with Gasteiger partial charge in [0.2, 0.25) is 0 Å². The van der Waals surface area contributed by atoms with Gasteiger partial charge in [0, 0.05) is 0 Å². The molecule has 0 aromatic heterocycles. The first kappa shape index (κ1) is 9.05. The first-order chi connectivity index (χ1) is 4.77. The average Bonchev–Trinajstić information content (AvgIpc) is 2.33. The van der Waals surface area contributed by atoms with Crippen molar-refractivity contribution in [1.82, 2.24) is 0 Å².